The zero-order valence-corrected chi connectivity index (χ0v) is 16.5. The monoisotopic (exact) mass is 381 g/mol. The number of hydrogen-bond acceptors (Lipinski definition) is 5. The first kappa shape index (κ1) is 19.6. The number of aliphatic imine (C=N–C) groups is 1. The van der Waals surface area contributed by atoms with E-state index < -0.39 is 0 Å². The van der Waals surface area contributed by atoms with Gasteiger partial charge in [-0.15, -0.1) is 0 Å². The van der Waals surface area contributed by atoms with Crippen molar-refractivity contribution in [3.63, 3.8) is 0 Å². The molecule has 1 aromatic carbocycles. The molecule has 1 amide bonds. The molecule has 1 N–H and O–H groups in total. The molecule has 0 saturated carbocycles. The van der Waals surface area contributed by atoms with Gasteiger partial charge in [0.25, 0.3) is 0 Å². The van der Waals surface area contributed by atoms with Gasteiger partial charge in [0.2, 0.25) is 11.9 Å². The highest BCUT2D eigenvalue weighted by Crippen LogP contribution is 2.10. The van der Waals surface area contributed by atoms with E-state index in [1.54, 1.807) is 31.4 Å². The molecule has 8 heteroatoms. The van der Waals surface area contributed by atoms with E-state index in [0.29, 0.717) is 6.54 Å². The highest BCUT2D eigenvalue weighted by atomic mass is 16.2. The van der Waals surface area contributed by atoms with Gasteiger partial charge in [-0.1, -0.05) is 30.3 Å². The number of rotatable bonds is 5. The Morgan fingerprint density at radius 3 is 2.39 bits per heavy atom. The first-order valence-corrected chi connectivity index (χ1v) is 9.43. The minimum absolute atomic E-state index is 0.0173. The van der Waals surface area contributed by atoms with Crippen LogP contribution in [0.15, 0.2) is 53.8 Å². The summed E-state index contributed by atoms with van der Waals surface area (Å²) in [5.41, 5.74) is 1.14. The first-order chi connectivity index (χ1) is 13.6. The zero-order valence-electron chi connectivity index (χ0n) is 16.5. The van der Waals surface area contributed by atoms with Gasteiger partial charge >= 0.3 is 0 Å². The highest BCUT2D eigenvalue weighted by Gasteiger charge is 2.21. The molecule has 3 rings (SSSR count). The molecule has 1 fully saturated rings. The summed E-state index contributed by atoms with van der Waals surface area (Å²) in [5.74, 6) is 1.53. The van der Waals surface area contributed by atoms with E-state index in [9.17, 15) is 4.79 Å². The topological polar surface area (TPSA) is 77.0 Å². The van der Waals surface area contributed by atoms with Crippen LogP contribution in [0.5, 0.6) is 0 Å². The van der Waals surface area contributed by atoms with Crippen molar-refractivity contribution in [2.75, 3.05) is 51.7 Å². The van der Waals surface area contributed by atoms with Gasteiger partial charge in [0, 0.05) is 52.7 Å². The Morgan fingerprint density at radius 2 is 1.75 bits per heavy atom. The largest absolute Gasteiger partial charge is 0.347 e. The van der Waals surface area contributed by atoms with E-state index in [1.807, 2.05) is 24.3 Å². The maximum atomic E-state index is 12.0. The van der Waals surface area contributed by atoms with Crippen molar-refractivity contribution in [2.24, 2.45) is 4.99 Å². The Hall–Kier alpha value is -3.16. The summed E-state index contributed by atoms with van der Waals surface area (Å²) in [6.07, 6.45) is 3.52. The number of benzene rings is 1. The highest BCUT2D eigenvalue weighted by molar-refractivity contribution is 5.86. The van der Waals surface area contributed by atoms with Crippen molar-refractivity contribution < 1.29 is 4.79 Å². The summed E-state index contributed by atoms with van der Waals surface area (Å²) in [6, 6.07) is 11.9. The second-order valence-corrected chi connectivity index (χ2v) is 6.79. The third-order valence-corrected chi connectivity index (χ3v) is 4.56. The molecule has 1 aliphatic rings. The zero-order chi connectivity index (χ0) is 19.8. The normalized spacial score (nSPS) is 14.7. The minimum Gasteiger partial charge on any atom is -0.347 e. The van der Waals surface area contributed by atoms with Crippen molar-refractivity contribution >= 4 is 17.8 Å². The predicted octanol–water partition coefficient (Wildman–Crippen LogP) is 0.833. The third kappa shape index (κ3) is 5.42. The summed E-state index contributed by atoms with van der Waals surface area (Å²) < 4.78 is 0. The van der Waals surface area contributed by atoms with Gasteiger partial charge in [0.15, 0.2) is 5.96 Å². The van der Waals surface area contributed by atoms with E-state index in [4.69, 9.17) is 4.99 Å². The summed E-state index contributed by atoms with van der Waals surface area (Å²) in [6.45, 7) is 3.98. The Labute approximate surface area is 165 Å². The number of nitrogens with zero attached hydrogens (tertiary/aromatic N) is 6. The van der Waals surface area contributed by atoms with Crippen LogP contribution in [0.1, 0.15) is 5.56 Å². The molecular formula is C20H27N7O. The number of piperazine rings is 1. The summed E-state index contributed by atoms with van der Waals surface area (Å²) in [5, 5.41) is 3.23. The van der Waals surface area contributed by atoms with Crippen molar-refractivity contribution in [3.8, 4) is 0 Å². The lowest BCUT2D eigenvalue weighted by molar-refractivity contribution is -0.127. The van der Waals surface area contributed by atoms with Gasteiger partial charge in [0.05, 0.1) is 13.1 Å². The molecule has 1 saturated heterocycles. The molecule has 0 bridgehead atoms. The molecular weight excluding hydrogens is 354 g/mol. The van der Waals surface area contributed by atoms with Crippen LogP contribution < -0.4 is 10.2 Å². The number of carbonyl (C=O) groups excluding carboxylic acids is 1. The van der Waals surface area contributed by atoms with Crippen molar-refractivity contribution in [1.29, 1.82) is 0 Å². The number of aromatic nitrogens is 2. The molecule has 2 heterocycles. The number of carbonyl (C=O) groups is 1. The molecule has 0 unspecified atom stereocenters. The lowest BCUT2D eigenvalue weighted by atomic mass is 10.2. The maximum Gasteiger partial charge on any atom is 0.241 e. The fraction of sp³-hybridized carbons (Fsp3) is 0.400. The van der Waals surface area contributed by atoms with E-state index in [-0.39, 0.29) is 12.5 Å². The van der Waals surface area contributed by atoms with E-state index in [0.717, 1.165) is 43.7 Å². The van der Waals surface area contributed by atoms with Crippen LogP contribution in [-0.4, -0.2) is 78.5 Å². The van der Waals surface area contributed by atoms with E-state index in [2.05, 4.69) is 37.2 Å². The van der Waals surface area contributed by atoms with Crippen LogP contribution in [0.4, 0.5) is 5.95 Å². The smallest absolute Gasteiger partial charge is 0.241 e. The van der Waals surface area contributed by atoms with Gasteiger partial charge in [-0.2, -0.15) is 0 Å². The molecule has 28 heavy (non-hydrogen) atoms. The van der Waals surface area contributed by atoms with Gasteiger partial charge < -0.3 is 20.0 Å². The number of guanidine groups is 1. The molecule has 1 aromatic heterocycles. The Balaban J connectivity index is 1.65. The molecule has 1 aliphatic heterocycles. The van der Waals surface area contributed by atoms with Gasteiger partial charge in [-0.25, -0.2) is 15.0 Å². The SMILES string of the molecule is CN(C)C(=O)CNC(=NCc1ccccc1)N1CCN(c2ncccn2)CC1. The van der Waals surface area contributed by atoms with Gasteiger partial charge in [-0.05, 0) is 11.6 Å². The standard InChI is InChI=1S/C20H27N7O/c1-25(2)18(28)16-24-20(23-15-17-7-4-3-5-8-17)27-13-11-26(12-14-27)19-21-9-6-10-22-19/h3-10H,11-16H2,1-2H3,(H,23,24). The predicted molar refractivity (Wildman–Crippen MR) is 110 cm³/mol. The second-order valence-electron chi connectivity index (χ2n) is 6.79. The molecule has 0 atom stereocenters. The van der Waals surface area contributed by atoms with Crippen LogP contribution in [0.25, 0.3) is 0 Å². The molecule has 2 aromatic rings. The number of likely N-dealkylation sites (N-methyl/N-ethyl adjacent to an activating group) is 1. The van der Waals surface area contributed by atoms with Crippen LogP contribution in [0.3, 0.4) is 0 Å². The van der Waals surface area contributed by atoms with E-state index >= 15 is 0 Å². The molecule has 148 valence electrons. The average Bonchev–Trinajstić information content (AvgIpc) is 2.75. The molecule has 0 aliphatic carbocycles. The van der Waals surface area contributed by atoms with Crippen molar-refractivity contribution in [3.05, 3.63) is 54.4 Å². The molecule has 0 radical (unpaired) electrons. The quantitative estimate of drug-likeness (QED) is 0.611. The van der Waals surface area contributed by atoms with Crippen LogP contribution >= 0.6 is 0 Å². The number of amides is 1. The maximum absolute atomic E-state index is 12.0. The summed E-state index contributed by atoms with van der Waals surface area (Å²) >= 11 is 0. The van der Waals surface area contributed by atoms with Crippen LogP contribution in [0, 0.1) is 0 Å². The van der Waals surface area contributed by atoms with Crippen molar-refractivity contribution in [2.45, 2.75) is 6.54 Å². The van der Waals surface area contributed by atoms with Crippen LogP contribution in [0.2, 0.25) is 0 Å². The average molecular weight is 381 g/mol. The summed E-state index contributed by atoms with van der Waals surface area (Å²) in [4.78, 5) is 31.3. The van der Waals surface area contributed by atoms with E-state index in [1.165, 1.54) is 0 Å². The number of nitrogens with one attached hydrogen (secondary N) is 1. The number of hydrogen-bond donors (Lipinski definition) is 1. The fourth-order valence-corrected chi connectivity index (χ4v) is 2.90. The van der Waals surface area contributed by atoms with Gasteiger partial charge in [-0.3, -0.25) is 4.79 Å². The Morgan fingerprint density at radius 1 is 1.07 bits per heavy atom. The minimum atomic E-state index is 0.0173. The number of anilines is 1. The van der Waals surface area contributed by atoms with Crippen molar-refractivity contribution in [1.82, 2.24) is 25.1 Å². The lowest BCUT2D eigenvalue weighted by Gasteiger charge is -2.36. The van der Waals surface area contributed by atoms with Gasteiger partial charge in [0.1, 0.15) is 0 Å². The lowest BCUT2D eigenvalue weighted by Crippen LogP contribution is -2.54. The Kier molecular flexibility index (Phi) is 6.78. The Bertz CT molecular complexity index is 772. The first-order valence-electron chi connectivity index (χ1n) is 9.43. The molecule has 8 nitrogen and oxygen atoms in total. The fourth-order valence-electron chi connectivity index (χ4n) is 2.90. The summed E-state index contributed by atoms with van der Waals surface area (Å²) in [7, 11) is 3.51. The van der Waals surface area contributed by atoms with Crippen LogP contribution in [-0.2, 0) is 11.3 Å². The third-order valence-electron chi connectivity index (χ3n) is 4.56. The second kappa shape index (κ2) is 9.68. The molecule has 0 spiro atoms.